The highest BCUT2D eigenvalue weighted by Gasteiger charge is 2.60. The van der Waals surface area contributed by atoms with Gasteiger partial charge in [0.2, 0.25) is 0 Å². The molecule has 0 spiro atoms. The zero-order chi connectivity index (χ0) is 16.2. The molecule has 0 aromatic carbocycles. The van der Waals surface area contributed by atoms with Gasteiger partial charge in [0.1, 0.15) is 5.78 Å². The van der Waals surface area contributed by atoms with Crippen molar-refractivity contribution in [2.45, 2.75) is 64.7 Å². The van der Waals surface area contributed by atoms with Crippen molar-refractivity contribution in [2.24, 2.45) is 28.6 Å². The number of alkyl halides is 1. The number of halogens is 1. The number of carbonyl (C=O) groups excluding carboxylic acids is 2. The molecule has 4 aliphatic carbocycles. The van der Waals surface area contributed by atoms with Gasteiger partial charge in [0.15, 0.2) is 5.78 Å². The normalized spacial score (nSPS) is 46.0. The minimum absolute atomic E-state index is 0.0211. The smallest absolute Gasteiger partial charge is 0.155 e. The Morgan fingerprint density at radius 1 is 1.09 bits per heavy atom. The van der Waals surface area contributed by atoms with Crippen LogP contribution in [0.15, 0.2) is 11.6 Å². The molecule has 0 aromatic heterocycles. The van der Waals surface area contributed by atoms with Crippen LogP contribution in [-0.2, 0) is 9.59 Å². The van der Waals surface area contributed by atoms with Crippen LogP contribution >= 0.6 is 15.9 Å². The van der Waals surface area contributed by atoms with Crippen LogP contribution in [-0.4, -0.2) is 16.9 Å². The SMILES string of the molecule is C[C@]12CCC(=O)C=C1CCC1C3CCC(=O)[C@@]3(CCBr)CCC12. The summed E-state index contributed by atoms with van der Waals surface area (Å²) in [5.74, 6) is 2.86. The second-order valence-corrected chi connectivity index (χ2v) is 9.36. The molecule has 0 bridgehead atoms. The lowest BCUT2D eigenvalue weighted by Gasteiger charge is -2.57. The van der Waals surface area contributed by atoms with Crippen molar-refractivity contribution in [2.75, 3.05) is 5.33 Å². The van der Waals surface area contributed by atoms with Gasteiger partial charge in [0, 0.05) is 23.6 Å². The van der Waals surface area contributed by atoms with Crippen molar-refractivity contribution in [3.63, 3.8) is 0 Å². The van der Waals surface area contributed by atoms with Crippen LogP contribution in [0.25, 0.3) is 0 Å². The summed E-state index contributed by atoms with van der Waals surface area (Å²) in [5.41, 5.74) is 1.63. The molecule has 126 valence electrons. The molecule has 23 heavy (non-hydrogen) atoms. The fourth-order valence-corrected chi connectivity index (χ4v) is 7.47. The second-order valence-electron chi connectivity index (χ2n) is 8.56. The van der Waals surface area contributed by atoms with Crippen molar-refractivity contribution in [3.05, 3.63) is 11.6 Å². The molecule has 2 nitrogen and oxygen atoms in total. The lowest BCUT2D eigenvalue weighted by molar-refractivity contribution is -0.134. The van der Waals surface area contributed by atoms with Gasteiger partial charge in [-0.1, -0.05) is 28.4 Å². The zero-order valence-corrected chi connectivity index (χ0v) is 15.7. The number of Topliss-reactive ketones (excluding diaryl/α,β-unsaturated/α-hetero) is 1. The van der Waals surface area contributed by atoms with Crippen LogP contribution in [0.1, 0.15) is 64.7 Å². The van der Waals surface area contributed by atoms with E-state index in [0.717, 1.165) is 50.3 Å². The molecule has 0 saturated heterocycles. The van der Waals surface area contributed by atoms with Gasteiger partial charge >= 0.3 is 0 Å². The third-order valence-corrected chi connectivity index (χ3v) is 8.34. The monoisotopic (exact) mass is 378 g/mol. The number of carbonyl (C=O) groups is 2. The maximum atomic E-state index is 12.7. The van der Waals surface area contributed by atoms with Gasteiger partial charge < -0.3 is 0 Å². The fraction of sp³-hybridized carbons (Fsp3) is 0.800. The second kappa shape index (κ2) is 5.54. The van der Waals surface area contributed by atoms with Crippen LogP contribution in [0, 0.1) is 28.6 Å². The van der Waals surface area contributed by atoms with Crippen molar-refractivity contribution in [3.8, 4) is 0 Å². The van der Waals surface area contributed by atoms with Crippen molar-refractivity contribution >= 4 is 27.5 Å². The Labute approximate surface area is 147 Å². The number of fused-ring (bicyclic) bond motifs is 5. The minimum Gasteiger partial charge on any atom is -0.299 e. The quantitative estimate of drug-likeness (QED) is 0.643. The third kappa shape index (κ3) is 2.18. The number of ketones is 2. The van der Waals surface area contributed by atoms with E-state index in [-0.39, 0.29) is 10.8 Å². The summed E-state index contributed by atoms with van der Waals surface area (Å²) in [7, 11) is 0. The Morgan fingerprint density at radius 2 is 1.91 bits per heavy atom. The first-order valence-corrected chi connectivity index (χ1v) is 10.5. The van der Waals surface area contributed by atoms with E-state index in [1.165, 1.54) is 18.4 Å². The van der Waals surface area contributed by atoms with E-state index in [4.69, 9.17) is 0 Å². The van der Waals surface area contributed by atoms with Gasteiger partial charge in [-0.3, -0.25) is 9.59 Å². The minimum atomic E-state index is -0.0211. The summed E-state index contributed by atoms with van der Waals surface area (Å²) in [4.78, 5) is 24.6. The zero-order valence-electron chi connectivity index (χ0n) is 14.1. The highest BCUT2D eigenvalue weighted by molar-refractivity contribution is 9.09. The molecule has 0 amide bonds. The first-order valence-electron chi connectivity index (χ1n) is 9.34. The Morgan fingerprint density at radius 3 is 2.70 bits per heavy atom. The highest BCUT2D eigenvalue weighted by atomic mass is 79.9. The van der Waals surface area contributed by atoms with Gasteiger partial charge in [-0.2, -0.15) is 0 Å². The van der Waals surface area contributed by atoms with Crippen LogP contribution in [0.3, 0.4) is 0 Å². The van der Waals surface area contributed by atoms with Crippen molar-refractivity contribution in [1.29, 1.82) is 0 Å². The van der Waals surface area contributed by atoms with E-state index < -0.39 is 0 Å². The van der Waals surface area contributed by atoms with Gasteiger partial charge in [0.25, 0.3) is 0 Å². The Kier molecular flexibility index (Phi) is 3.87. The average Bonchev–Trinajstić information content (AvgIpc) is 2.86. The molecule has 0 aromatic rings. The predicted molar refractivity (Wildman–Crippen MR) is 94.5 cm³/mol. The van der Waals surface area contributed by atoms with Crippen LogP contribution in [0.4, 0.5) is 0 Å². The van der Waals surface area contributed by atoms with Crippen molar-refractivity contribution in [1.82, 2.24) is 0 Å². The van der Waals surface area contributed by atoms with E-state index >= 15 is 0 Å². The molecule has 0 radical (unpaired) electrons. The van der Waals surface area contributed by atoms with Gasteiger partial charge in [-0.05, 0) is 74.2 Å². The predicted octanol–water partition coefficient (Wildman–Crippen LogP) is 4.85. The first kappa shape index (κ1) is 16.1. The lowest BCUT2D eigenvalue weighted by Crippen LogP contribution is -2.51. The van der Waals surface area contributed by atoms with Crippen LogP contribution in [0.2, 0.25) is 0 Å². The molecular formula is C20H27BrO2. The van der Waals surface area contributed by atoms with Crippen LogP contribution in [0.5, 0.6) is 0 Å². The number of allylic oxidation sites excluding steroid dienone is 1. The Bertz CT molecular complexity index is 580. The topological polar surface area (TPSA) is 34.1 Å². The molecule has 5 atom stereocenters. The molecule has 4 rings (SSSR count). The molecule has 3 fully saturated rings. The summed E-state index contributed by atoms with van der Waals surface area (Å²) in [6.07, 6.45) is 11.2. The molecule has 0 aliphatic heterocycles. The maximum absolute atomic E-state index is 12.7. The standard InChI is InChI=1S/C20H27BrO2/c1-19-8-6-14(22)12-13(19)2-3-15-16(19)7-9-20(10-11-21)17(15)4-5-18(20)23/h12,15-17H,2-11H2,1H3/t15?,16?,17?,19-,20+/m0/s1. The molecule has 3 heteroatoms. The molecule has 3 unspecified atom stereocenters. The van der Waals surface area contributed by atoms with Crippen molar-refractivity contribution < 1.29 is 9.59 Å². The van der Waals surface area contributed by atoms with E-state index in [1.807, 2.05) is 6.08 Å². The van der Waals surface area contributed by atoms with Gasteiger partial charge in [0.05, 0.1) is 0 Å². The van der Waals surface area contributed by atoms with E-state index in [9.17, 15) is 9.59 Å². The number of hydrogen-bond donors (Lipinski definition) is 0. The molecule has 0 heterocycles. The average molecular weight is 379 g/mol. The maximum Gasteiger partial charge on any atom is 0.155 e. The lowest BCUT2D eigenvalue weighted by atomic mass is 9.47. The third-order valence-electron chi connectivity index (χ3n) is 7.95. The summed E-state index contributed by atoms with van der Waals surface area (Å²) < 4.78 is 0. The number of hydrogen-bond acceptors (Lipinski definition) is 2. The molecular weight excluding hydrogens is 352 g/mol. The largest absolute Gasteiger partial charge is 0.299 e. The van der Waals surface area contributed by atoms with Gasteiger partial charge in [-0.15, -0.1) is 0 Å². The van der Waals surface area contributed by atoms with E-state index in [0.29, 0.717) is 29.3 Å². The molecule has 0 N–H and O–H groups in total. The Balaban J connectivity index is 1.69. The van der Waals surface area contributed by atoms with Crippen LogP contribution < -0.4 is 0 Å². The molecule has 3 saturated carbocycles. The molecule has 4 aliphatic rings. The summed E-state index contributed by atoms with van der Waals surface area (Å²) >= 11 is 3.61. The summed E-state index contributed by atoms with van der Waals surface area (Å²) in [5, 5.41) is 0.948. The van der Waals surface area contributed by atoms with E-state index in [2.05, 4.69) is 22.9 Å². The number of rotatable bonds is 2. The summed E-state index contributed by atoms with van der Waals surface area (Å²) in [6, 6.07) is 0. The highest BCUT2D eigenvalue weighted by Crippen LogP contribution is 2.65. The van der Waals surface area contributed by atoms with Gasteiger partial charge in [-0.25, -0.2) is 0 Å². The first-order chi connectivity index (χ1) is 11.0. The van der Waals surface area contributed by atoms with E-state index in [1.54, 1.807) is 0 Å². The Hall–Kier alpha value is -0.440. The fourth-order valence-electron chi connectivity index (χ4n) is 6.76. The summed E-state index contributed by atoms with van der Waals surface area (Å²) in [6.45, 7) is 2.41.